The molecule has 1 heterocycles. The first-order chi connectivity index (χ1) is 9.12. The predicted octanol–water partition coefficient (Wildman–Crippen LogP) is 0.979. The molecule has 0 atom stereocenters. The average Bonchev–Trinajstić information content (AvgIpc) is 2.99. The summed E-state index contributed by atoms with van der Waals surface area (Å²) < 4.78 is 0. The Morgan fingerprint density at radius 1 is 1.53 bits per heavy atom. The molecule has 1 aliphatic rings. The Morgan fingerprint density at radius 3 is 2.79 bits per heavy atom. The van der Waals surface area contributed by atoms with Crippen molar-refractivity contribution in [2.24, 2.45) is 0 Å². The van der Waals surface area contributed by atoms with E-state index in [2.05, 4.69) is 15.5 Å². The van der Waals surface area contributed by atoms with Crippen molar-refractivity contribution in [2.75, 3.05) is 12.3 Å². The standard InChI is InChI=1S/C13H22N4O2/c1-2-5-9-10(14)11(17-16-9)12(19)15-13(8-18)6-3-4-7-13/h18H,2-8,14H2,1H3,(H,15,19)(H,16,17). The van der Waals surface area contributed by atoms with Gasteiger partial charge in [0, 0.05) is 0 Å². The number of nitrogens with one attached hydrogen (secondary N) is 2. The van der Waals surface area contributed by atoms with Crippen LogP contribution >= 0.6 is 0 Å². The van der Waals surface area contributed by atoms with E-state index in [1.165, 1.54) is 0 Å². The Kier molecular flexibility index (Phi) is 4.09. The smallest absolute Gasteiger partial charge is 0.274 e. The summed E-state index contributed by atoms with van der Waals surface area (Å²) in [5.74, 6) is -0.299. The third kappa shape index (κ3) is 2.73. The van der Waals surface area contributed by atoms with Crippen LogP contribution in [0.2, 0.25) is 0 Å². The molecule has 0 bridgehead atoms. The SMILES string of the molecule is CCCc1[nH]nc(C(=O)NC2(CO)CCCC2)c1N. The number of aliphatic hydroxyl groups excluding tert-OH is 1. The number of anilines is 1. The molecule has 1 saturated carbocycles. The van der Waals surface area contributed by atoms with Crippen molar-refractivity contribution in [3.05, 3.63) is 11.4 Å². The van der Waals surface area contributed by atoms with Crippen molar-refractivity contribution in [3.8, 4) is 0 Å². The van der Waals surface area contributed by atoms with E-state index in [0.717, 1.165) is 44.2 Å². The molecule has 1 aromatic rings. The number of hydrogen-bond donors (Lipinski definition) is 4. The van der Waals surface area contributed by atoms with Gasteiger partial charge in [-0.05, 0) is 19.3 Å². The summed E-state index contributed by atoms with van der Waals surface area (Å²) in [6.45, 7) is 2.00. The summed E-state index contributed by atoms with van der Waals surface area (Å²) in [6, 6.07) is 0. The van der Waals surface area contributed by atoms with Gasteiger partial charge in [-0.15, -0.1) is 0 Å². The number of rotatable bonds is 5. The van der Waals surface area contributed by atoms with Crippen LogP contribution < -0.4 is 11.1 Å². The second kappa shape index (κ2) is 5.61. The predicted molar refractivity (Wildman–Crippen MR) is 72.7 cm³/mol. The van der Waals surface area contributed by atoms with E-state index in [0.29, 0.717) is 5.69 Å². The second-order valence-electron chi connectivity index (χ2n) is 5.31. The molecule has 6 nitrogen and oxygen atoms in total. The minimum atomic E-state index is -0.493. The van der Waals surface area contributed by atoms with Gasteiger partial charge in [0.15, 0.2) is 5.69 Å². The molecule has 1 aliphatic carbocycles. The summed E-state index contributed by atoms with van der Waals surface area (Å²) >= 11 is 0. The number of amides is 1. The molecule has 1 fully saturated rings. The van der Waals surface area contributed by atoms with Crippen molar-refractivity contribution < 1.29 is 9.90 Å². The van der Waals surface area contributed by atoms with Crippen LogP contribution in [0.4, 0.5) is 5.69 Å². The molecular formula is C13H22N4O2. The maximum absolute atomic E-state index is 12.2. The zero-order valence-corrected chi connectivity index (χ0v) is 11.3. The molecule has 0 unspecified atom stereocenters. The van der Waals surface area contributed by atoms with Crippen LogP contribution in [-0.4, -0.2) is 33.4 Å². The largest absolute Gasteiger partial charge is 0.395 e. The quantitative estimate of drug-likeness (QED) is 0.637. The Morgan fingerprint density at radius 2 is 2.21 bits per heavy atom. The third-order valence-corrected chi connectivity index (χ3v) is 3.84. The molecule has 0 saturated heterocycles. The number of nitrogens with two attached hydrogens (primary N) is 1. The zero-order valence-electron chi connectivity index (χ0n) is 11.3. The summed E-state index contributed by atoms with van der Waals surface area (Å²) in [6.07, 6.45) is 5.38. The maximum atomic E-state index is 12.2. The summed E-state index contributed by atoms with van der Waals surface area (Å²) in [5, 5.41) is 19.2. The lowest BCUT2D eigenvalue weighted by Crippen LogP contribution is -2.49. The van der Waals surface area contributed by atoms with Gasteiger partial charge in [-0.2, -0.15) is 5.10 Å². The molecule has 0 aliphatic heterocycles. The monoisotopic (exact) mass is 266 g/mol. The number of H-pyrrole nitrogens is 1. The number of hydrogen-bond acceptors (Lipinski definition) is 4. The summed E-state index contributed by atoms with van der Waals surface area (Å²) in [4.78, 5) is 12.2. The van der Waals surface area contributed by atoms with Crippen LogP contribution in [-0.2, 0) is 6.42 Å². The highest BCUT2D eigenvalue weighted by molar-refractivity contribution is 5.98. The third-order valence-electron chi connectivity index (χ3n) is 3.84. The van der Waals surface area contributed by atoms with E-state index < -0.39 is 5.54 Å². The fourth-order valence-corrected chi connectivity index (χ4v) is 2.67. The number of aromatic amines is 1. The number of aromatic nitrogens is 2. The van der Waals surface area contributed by atoms with Crippen LogP contribution in [0.15, 0.2) is 0 Å². The Labute approximate surface area is 112 Å². The molecule has 106 valence electrons. The molecule has 6 heteroatoms. The molecule has 0 spiro atoms. The summed E-state index contributed by atoms with van der Waals surface area (Å²) in [7, 11) is 0. The normalized spacial score (nSPS) is 17.6. The van der Waals surface area contributed by atoms with Crippen LogP contribution in [0.1, 0.15) is 55.2 Å². The first-order valence-electron chi connectivity index (χ1n) is 6.88. The minimum absolute atomic E-state index is 0.0368. The number of aryl methyl sites for hydroxylation is 1. The van der Waals surface area contributed by atoms with E-state index >= 15 is 0 Å². The van der Waals surface area contributed by atoms with Gasteiger partial charge in [-0.25, -0.2) is 0 Å². The van der Waals surface area contributed by atoms with Crippen LogP contribution in [0, 0.1) is 0 Å². The highest BCUT2D eigenvalue weighted by Crippen LogP contribution is 2.29. The van der Waals surface area contributed by atoms with Gasteiger partial charge in [0.05, 0.1) is 23.5 Å². The first-order valence-corrected chi connectivity index (χ1v) is 6.88. The Hall–Kier alpha value is -1.56. The number of aliphatic hydroxyl groups is 1. The Bertz CT molecular complexity index is 449. The molecular weight excluding hydrogens is 244 g/mol. The number of nitrogen functional groups attached to an aromatic ring is 1. The molecule has 5 N–H and O–H groups in total. The van der Waals surface area contributed by atoms with E-state index in [1.54, 1.807) is 0 Å². The average molecular weight is 266 g/mol. The number of carbonyl (C=O) groups is 1. The maximum Gasteiger partial charge on any atom is 0.274 e. The highest BCUT2D eigenvalue weighted by atomic mass is 16.3. The van der Waals surface area contributed by atoms with Gasteiger partial charge in [-0.1, -0.05) is 26.2 Å². The summed E-state index contributed by atoms with van der Waals surface area (Å²) in [5.41, 5.74) is 6.90. The highest BCUT2D eigenvalue weighted by Gasteiger charge is 2.35. The lowest BCUT2D eigenvalue weighted by Gasteiger charge is -2.27. The van der Waals surface area contributed by atoms with Crippen molar-refractivity contribution >= 4 is 11.6 Å². The lowest BCUT2D eigenvalue weighted by atomic mass is 9.98. The van der Waals surface area contributed by atoms with Crippen molar-refractivity contribution in [1.29, 1.82) is 0 Å². The van der Waals surface area contributed by atoms with Gasteiger partial charge < -0.3 is 16.2 Å². The van der Waals surface area contributed by atoms with Crippen LogP contribution in [0.3, 0.4) is 0 Å². The Balaban J connectivity index is 2.11. The van der Waals surface area contributed by atoms with Gasteiger partial charge in [-0.3, -0.25) is 9.89 Å². The molecule has 0 aromatic carbocycles. The molecule has 1 aromatic heterocycles. The van der Waals surface area contributed by atoms with Crippen molar-refractivity contribution in [1.82, 2.24) is 15.5 Å². The van der Waals surface area contributed by atoms with E-state index in [1.807, 2.05) is 6.92 Å². The van der Waals surface area contributed by atoms with Crippen LogP contribution in [0.5, 0.6) is 0 Å². The fraction of sp³-hybridized carbons (Fsp3) is 0.692. The van der Waals surface area contributed by atoms with Crippen LogP contribution in [0.25, 0.3) is 0 Å². The van der Waals surface area contributed by atoms with Gasteiger partial charge in [0.2, 0.25) is 0 Å². The molecule has 2 rings (SSSR count). The second-order valence-corrected chi connectivity index (χ2v) is 5.31. The van der Waals surface area contributed by atoms with E-state index in [9.17, 15) is 9.90 Å². The molecule has 1 amide bonds. The van der Waals surface area contributed by atoms with Gasteiger partial charge >= 0.3 is 0 Å². The van der Waals surface area contributed by atoms with E-state index in [-0.39, 0.29) is 18.2 Å². The van der Waals surface area contributed by atoms with Crippen molar-refractivity contribution in [2.45, 2.75) is 51.0 Å². The minimum Gasteiger partial charge on any atom is -0.395 e. The van der Waals surface area contributed by atoms with Gasteiger partial charge in [0.25, 0.3) is 5.91 Å². The van der Waals surface area contributed by atoms with Crippen molar-refractivity contribution in [3.63, 3.8) is 0 Å². The molecule has 0 radical (unpaired) electrons. The topological polar surface area (TPSA) is 104 Å². The molecule has 19 heavy (non-hydrogen) atoms. The van der Waals surface area contributed by atoms with E-state index in [4.69, 9.17) is 5.73 Å². The first kappa shape index (κ1) is 13.9. The number of nitrogens with zero attached hydrogens (tertiary/aromatic N) is 1. The number of carbonyl (C=O) groups excluding carboxylic acids is 1. The lowest BCUT2D eigenvalue weighted by molar-refractivity contribution is 0.0834. The zero-order chi connectivity index (χ0) is 13.9. The van der Waals surface area contributed by atoms with Gasteiger partial charge in [0.1, 0.15) is 0 Å². The fourth-order valence-electron chi connectivity index (χ4n) is 2.67.